The third-order valence-electron chi connectivity index (χ3n) is 3.82. The molecule has 1 fully saturated rings. The minimum absolute atomic E-state index is 0.801. The van der Waals surface area contributed by atoms with E-state index in [0.717, 1.165) is 67.6 Å². The highest BCUT2D eigenvalue weighted by Gasteiger charge is 2.17. The first-order valence-corrected chi connectivity index (χ1v) is 7.74. The van der Waals surface area contributed by atoms with E-state index in [4.69, 9.17) is 16.6 Å². The number of benzene rings is 1. The van der Waals surface area contributed by atoms with Gasteiger partial charge in [0.15, 0.2) is 0 Å². The second-order valence-electron chi connectivity index (χ2n) is 5.31. The number of aromatic nitrogens is 2. The fourth-order valence-electron chi connectivity index (χ4n) is 2.84. The minimum atomic E-state index is 0.801. The first kappa shape index (κ1) is 13.9. The van der Waals surface area contributed by atoms with Crippen molar-refractivity contribution >= 4 is 22.6 Å². The molecular formula is C15H21ClN4. The van der Waals surface area contributed by atoms with Gasteiger partial charge < -0.3 is 9.88 Å². The molecule has 2 heterocycles. The average molecular weight is 293 g/mol. The summed E-state index contributed by atoms with van der Waals surface area (Å²) in [6.07, 6.45) is 1.09. The highest BCUT2D eigenvalue weighted by Crippen LogP contribution is 2.25. The predicted octanol–water partition coefficient (Wildman–Crippen LogP) is 2.50. The number of nitrogens with one attached hydrogen (secondary N) is 1. The van der Waals surface area contributed by atoms with Gasteiger partial charge in [-0.05, 0) is 18.6 Å². The summed E-state index contributed by atoms with van der Waals surface area (Å²) < 4.78 is 2.29. The van der Waals surface area contributed by atoms with Crippen LogP contribution < -0.4 is 5.32 Å². The lowest BCUT2D eigenvalue weighted by Crippen LogP contribution is -2.43. The monoisotopic (exact) mass is 292 g/mol. The lowest BCUT2D eigenvalue weighted by atomic mass is 10.3. The maximum Gasteiger partial charge on any atom is 0.124 e. The molecule has 1 aliphatic heterocycles. The molecular weight excluding hydrogens is 272 g/mol. The van der Waals surface area contributed by atoms with Crippen molar-refractivity contribution in [1.29, 1.82) is 0 Å². The van der Waals surface area contributed by atoms with Gasteiger partial charge in [-0.3, -0.25) is 4.90 Å². The molecule has 1 saturated heterocycles. The highest BCUT2D eigenvalue weighted by molar-refractivity contribution is 6.35. The van der Waals surface area contributed by atoms with E-state index < -0.39 is 0 Å². The zero-order chi connectivity index (χ0) is 13.9. The smallest absolute Gasteiger partial charge is 0.124 e. The molecule has 20 heavy (non-hydrogen) atoms. The molecule has 1 aromatic carbocycles. The number of hydrogen-bond acceptors (Lipinski definition) is 3. The van der Waals surface area contributed by atoms with E-state index >= 15 is 0 Å². The number of para-hydroxylation sites is 1. The van der Waals surface area contributed by atoms with Crippen LogP contribution in [0.4, 0.5) is 0 Å². The Kier molecular flexibility index (Phi) is 4.24. The fraction of sp³-hybridized carbons (Fsp3) is 0.533. The minimum Gasteiger partial charge on any atom is -0.326 e. The van der Waals surface area contributed by atoms with Crippen LogP contribution in [0.25, 0.3) is 11.0 Å². The van der Waals surface area contributed by atoms with E-state index in [9.17, 15) is 0 Å². The van der Waals surface area contributed by atoms with Crippen LogP contribution >= 0.6 is 11.6 Å². The van der Waals surface area contributed by atoms with Gasteiger partial charge >= 0.3 is 0 Å². The molecule has 1 aromatic heterocycles. The Balaban J connectivity index is 1.96. The van der Waals surface area contributed by atoms with E-state index in [2.05, 4.69) is 27.8 Å². The van der Waals surface area contributed by atoms with Gasteiger partial charge in [0.25, 0.3) is 0 Å². The molecule has 0 unspecified atom stereocenters. The van der Waals surface area contributed by atoms with E-state index in [0.29, 0.717) is 0 Å². The summed E-state index contributed by atoms with van der Waals surface area (Å²) in [5, 5.41) is 4.19. The molecule has 0 bridgehead atoms. The number of hydrogen-bond donors (Lipinski definition) is 1. The van der Waals surface area contributed by atoms with Gasteiger partial charge in [-0.1, -0.05) is 24.6 Å². The molecule has 0 spiro atoms. The summed E-state index contributed by atoms with van der Waals surface area (Å²) in [6.45, 7) is 8.38. The van der Waals surface area contributed by atoms with Crippen LogP contribution in [0, 0.1) is 0 Å². The average Bonchev–Trinajstić information content (AvgIpc) is 2.80. The van der Waals surface area contributed by atoms with Crippen molar-refractivity contribution in [3.05, 3.63) is 29.0 Å². The summed E-state index contributed by atoms with van der Waals surface area (Å²) >= 11 is 6.37. The van der Waals surface area contributed by atoms with Crippen LogP contribution in [0.5, 0.6) is 0 Å². The maximum atomic E-state index is 6.37. The van der Waals surface area contributed by atoms with Crippen molar-refractivity contribution in [1.82, 2.24) is 19.8 Å². The Bertz CT molecular complexity index is 587. The standard InChI is InChI=1S/C15H21ClN4/c1-2-8-20-14(11-19-9-6-17-7-10-19)18-13-5-3-4-12(16)15(13)20/h3-5,17H,2,6-11H2,1H3. The molecule has 5 heteroatoms. The van der Waals surface area contributed by atoms with Crippen LogP contribution in [-0.4, -0.2) is 40.6 Å². The van der Waals surface area contributed by atoms with Gasteiger partial charge in [-0.2, -0.15) is 0 Å². The second kappa shape index (κ2) is 6.12. The number of nitrogens with zero attached hydrogens (tertiary/aromatic N) is 3. The number of imidazole rings is 1. The zero-order valence-corrected chi connectivity index (χ0v) is 12.7. The first-order chi connectivity index (χ1) is 9.79. The van der Waals surface area contributed by atoms with Crippen molar-refractivity contribution in [3.8, 4) is 0 Å². The van der Waals surface area contributed by atoms with Gasteiger partial charge in [0.2, 0.25) is 0 Å². The first-order valence-electron chi connectivity index (χ1n) is 7.36. The summed E-state index contributed by atoms with van der Waals surface area (Å²) in [5.41, 5.74) is 2.09. The molecule has 4 nitrogen and oxygen atoms in total. The number of piperazine rings is 1. The molecule has 2 aromatic rings. The van der Waals surface area contributed by atoms with Crippen LogP contribution in [0.15, 0.2) is 18.2 Å². The lowest BCUT2D eigenvalue weighted by molar-refractivity contribution is 0.225. The zero-order valence-electron chi connectivity index (χ0n) is 11.9. The van der Waals surface area contributed by atoms with Gasteiger partial charge in [0.05, 0.1) is 22.6 Å². The molecule has 1 N–H and O–H groups in total. The molecule has 108 valence electrons. The van der Waals surface area contributed by atoms with Gasteiger partial charge in [0.1, 0.15) is 5.82 Å². The maximum absolute atomic E-state index is 6.37. The fourth-order valence-corrected chi connectivity index (χ4v) is 3.12. The summed E-state index contributed by atoms with van der Waals surface area (Å²) in [7, 11) is 0. The summed E-state index contributed by atoms with van der Waals surface area (Å²) in [6, 6.07) is 5.98. The second-order valence-corrected chi connectivity index (χ2v) is 5.72. The molecule has 0 aliphatic carbocycles. The van der Waals surface area contributed by atoms with Crippen LogP contribution in [0.2, 0.25) is 5.02 Å². The molecule has 0 amide bonds. The van der Waals surface area contributed by atoms with Crippen LogP contribution in [-0.2, 0) is 13.1 Å². The molecule has 0 atom stereocenters. The number of rotatable bonds is 4. The number of halogens is 1. The van der Waals surface area contributed by atoms with E-state index in [1.165, 1.54) is 0 Å². The highest BCUT2D eigenvalue weighted by atomic mass is 35.5. The third kappa shape index (κ3) is 2.68. The van der Waals surface area contributed by atoms with Crippen molar-refractivity contribution in [2.75, 3.05) is 26.2 Å². The predicted molar refractivity (Wildman–Crippen MR) is 83.2 cm³/mol. The Morgan fingerprint density at radius 1 is 1.30 bits per heavy atom. The topological polar surface area (TPSA) is 33.1 Å². The van der Waals surface area contributed by atoms with Gasteiger partial charge in [-0.25, -0.2) is 4.98 Å². The Labute approximate surface area is 124 Å². The van der Waals surface area contributed by atoms with E-state index in [1.807, 2.05) is 12.1 Å². The normalized spacial score (nSPS) is 16.9. The van der Waals surface area contributed by atoms with Crippen molar-refractivity contribution in [2.24, 2.45) is 0 Å². The SMILES string of the molecule is CCCn1c(CN2CCNCC2)nc2cccc(Cl)c21. The third-order valence-corrected chi connectivity index (χ3v) is 4.12. The van der Waals surface area contributed by atoms with Gasteiger partial charge in [0, 0.05) is 32.7 Å². The molecule has 1 aliphatic rings. The van der Waals surface area contributed by atoms with Crippen LogP contribution in [0.3, 0.4) is 0 Å². The van der Waals surface area contributed by atoms with Crippen molar-refractivity contribution < 1.29 is 0 Å². The number of fused-ring (bicyclic) bond motifs is 1. The van der Waals surface area contributed by atoms with E-state index in [1.54, 1.807) is 0 Å². The Hall–Kier alpha value is -1.10. The quantitative estimate of drug-likeness (QED) is 0.940. The molecule has 0 radical (unpaired) electrons. The summed E-state index contributed by atoms with van der Waals surface area (Å²) in [5.74, 6) is 1.14. The number of aryl methyl sites for hydroxylation is 1. The van der Waals surface area contributed by atoms with Crippen LogP contribution in [0.1, 0.15) is 19.2 Å². The van der Waals surface area contributed by atoms with Crippen molar-refractivity contribution in [2.45, 2.75) is 26.4 Å². The molecule has 0 saturated carbocycles. The lowest BCUT2D eigenvalue weighted by Gasteiger charge is -2.27. The largest absolute Gasteiger partial charge is 0.326 e. The Morgan fingerprint density at radius 3 is 2.85 bits per heavy atom. The van der Waals surface area contributed by atoms with E-state index in [-0.39, 0.29) is 0 Å². The summed E-state index contributed by atoms with van der Waals surface area (Å²) in [4.78, 5) is 7.26. The molecule has 3 rings (SSSR count). The van der Waals surface area contributed by atoms with Crippen molar-refractivity contribution in [3.63, 3.8) is 0 Å². The van der Waals surface area contributed by atoms with Gasteiger partial charge in [-0.15, -0.1) is 0 Å². The Morgan fingerprint density at radius 2 is 2.10 bits per heavy atom.